The number of carboxylic acid groups (broad SMARTS) is 1. The molecule has 5 rings (SSSR count). The molecule has 2 heterocycles. The van der Waals surface area contributed by atoms with Gasteiger partial charge in [0, 0.05) is 18.9 Å². The second-order valence-electron chi connectivity index (χ2n) is 8.65. The minimum atomic E-state index is -1.18. The summed E-state index contributed by atoms with van der Waals surface area (Å²) in [7, 11) is 0. The second-order valence-corrected chi connectivity index (χ2v) is 8.65. The van der Waals surface area contributed by atoms with Crippen LogP contribution in [0.1, 0.15) is 39.8 Å². The van der Waals surface area contributed by atoms with E-state index in [0.717, 1.165) is 27.2 Å². The summed E-state index contributed by atoms with van der Waals surface area (Å²) in [5.41, 5.74) is 4.51. The molecule has 2 aliphatic rings. The molecule has 35 heavy (non-hydrogen) atoms. The molecule has 1 aliphatic carbocycles. The predicted octanol–water partition coefficient (Wildman–Crippen LogP) is 2.98. The van der Waals surface area contributed by atoms with Gasteiger partial charge in [0.25, 0.3) is 5.91 Å². The molecule has 0 radical (unpaired) electrons. The Morgan fingerprint density at radius 1 is 1.00 bits per heavy atom. The first-order valence-electron chi connectivity index (χ1n) is 11.3. The molecule has 1 saturated heterocycles. The average molecular weight is 476 g/mol. The number of nitrogens with one attached hydrogen (secondary N) is 1. The molecule has 0 saturated carbocycles. The van der Waals surface area contributed by atoms with Gasteiger partial charge in [0.1, 0.15) is 18.4 Å². The van der Waals surface area contributed by atoms with Gasteiger partial charge in [0.15, 0.2) is 5.76 Å². The maximum absolute atomic E-state index is 12.7. The van der Waals surface area contributed by atoms with Crippen molar-refractivity contribution < 1.29 is 33.8 Å². The summed E-state index contributed by atoms with van der Waals surface area (Å²) in [6.45, 7) is 0.0917. The van der Waals surface area contributed by atoms with Crippen molar-refractivity contribution in [2.24, 2.45) is 0 Å². The second kappa shape index (κ2) is 9.27. The van der Waals surface area contributed by atoms with Gasteiger partial charge in [0.05, 0.1) is 12.6 Å². The lowest BCUT2D eigenvalue weighted by Gasteiger charge is -2.19. The number of aliphatic carboxylic acids is 1. The van der Waals surface area contributed by atoms with Crippen LogP contribution < -0.4 is 5.32 Å². The standard InChI is InChI=1S/C26H24N2O7/c29-15-11-22(25(31)32)28(13-15)24(30)23-10-9-16(35-23)12-27-26(33)34-14-21-19-7-3-1-5-17(19)18-6-2-4-8-20(18)21/h1-10,15,21-22,29H,11-14H2,(H,27,33)(H,31,32)/t15-,22-/m1/s1. The summed E-state index contributed by atoms with van der Waals surface area (Å²) in [4.78, 5) is 37.5. The van der Waals surface area contributed by atoms with Crippen LogP contribution >= 0.6 is 0 Å². The highest BCUT2D eigenvalue weighted by Gasteiger charge is 2.40. The first-order valence-corrected chi connectivity index (χ1v) is 11.3. The minimum absolute atomic E-state index is 0.00502. The summed E-state index contributed by atoms with van der Waals surface area (Å²) in [6, 6.07) is 17.9. The van der Waals surface area contributed by atoms with Crippen LogP contribution in [-0.2, 0) is 16.1 Å². The largest absolute Gasteiger partial charge is 0.480 e. The zero-order chi connectivity index (χ0) is 24.5. The van der Waals surface area contributed by atoms with Gasteiger partial charge in [-0.25, -0.2) is 9.59 Å². The number of rotatable bonds is 6. The Morgan fingerprint density at radius 2 is 1.66 bits per heavy atom. The molecule has 180 valence electrons. The van der Waals surface area contributed by atoms with Gasteiger partial charge >= 0.3 is 12.1 Å². The third-order valence-corrected chi connectivity index (χ3v) is 6.45. The van der Waals surface area contributed by atoms with Crippen LogP contribution in [0, 0.1) is 0 Å². The number of hydrogen-bond donors (Lipinski definition) is 3. The summed E-state index contributed by atoms with van der Waals surface area (Å²) < 4.78 is 11.0. The first-order chi connectivity index (χ1) is 16.9. The van der Waals surface area contributed by atoms with Crippen molar-refractivity contribution in [2.75, 3.05) is 13.2 Å². The lowest BCUT2D eigenvalue weighted by Crippen LogP contribution is -2.40. The molecule has 1 aliphatic heterocycles. The van der Waals surface area contributed by atoms with Crippen LogP contribution in [0.2, 0.25) is 0 Å². The van der Waals surface area contributed by atoms with Gasteiger partial charge in [-0.05, 0) is 34.4 Å². The Kier molecular flexibility index (Phi) is 6.00. The van der Waals surface area contributed by atoms with Crippen molar-refractivity contribution >= 4 is 18.0 Å². The number of fused-ring (bicyclic) bond motifs is 3. The summed E-state index contributed by atoms with van der Waals surface area (Å²) in [6.07, 6.45) is -1.55. The van der Waals surface area contributed by atoms with Crippen LogP contribution in [0.3, 0.4) is 0 Å². The highest BCUT2D eigenvalue weighted by Crippen LogP contribution is 2.44. The molecule has 9 heteroatoms. The molecule has 3 aromatic rings. The first kappa shape index (κ1) is 22.7. The van der Waals surface area contributed by atoms with Crippen LogP contribution in [0.25, 0.3) is 11.1 Å². The number of carbonyl (C=O) groups is 3. The van der Waals surface area contributed by atoms with E-state index in [4.69, 9.17) is 9.15 Å². The van der Waals surface area contributed by atoms with Gasteiger partial charge in [-0.15, -0.1) is 0 Å². The zero-order valence-electron chi connectivity index (χ0n) is 18.7. The van der Waals surface area contributed by atoms with Gasteiger partial charge in [-0.1, -0.05) is 48.5 Å². The fraction of sp³-hybridized carbons (Fsp3) is 0.269. The molecular weight excluding hydrogens is 452 g/mol. The molecule has 0 bridgehead atoms. The maximum atomic E-state index is 12.7. The Balaban J connectivity index is 1.17. The maximum Gasteiger partial charge on any atom is 0.407 e. The molecule has 2 aromatic carbocycles. The number of β-amino-alcohol motifs (C(OH)–C–C–N with tert-alkyl or cyclic N) is 1. The summed E-state index contributed by atoms with van der Waals surface area (Å²) in [5.74, 6) is -1.61. The molecule has 0 spiro atoms. The Labute approximate surface area is 200 Å². The summed E-state index contributed by atoms with van der Waals surface area (Å²) >= 11 is 0. The number of amides is 2. The molecule has 2 atom stereocenters. The number of nitrogens with zero attached hydrogens (tertiary/aromatic N) is 1. The van der Waals surface area contributed by atoms with Crippen LogP contribution in [-0.4, -0.2) is 58.4 Å². The third kappa shape index (κ3) is 4.38. The van der Waals surface area contributed by atoms with E-state index in [1.54, 1.807) is 0 Å². The number of ether oxygens (including phenoxy) is 1. The summed E-state index contributed by atoms with van der Waals surface area (Å²) in [5, 5.41) is 21.7. The highest BCUT2D eigenvalue weighted by atomic mass is 16.5. The number of carboxylic acids is 1. The number of carbonyl (C=O) groups excluding carboxylic acids is 2. The highest BCUT2D eigenvalue weighted by molar-refractivity contribution is 5.94. The van der Waals surface area contributed by atoms with E-state index in [0.29, 0.717) is 5.76 Å². The van der Waals surface area contributed by atoms with Crippen LogP contribution in [0.4, 0.5) is 4.79 Å². The molecular formula is C26H24N2O7. The normalized spacial score (nSPS) is 18.7. The van der Waals surface area contributed by atoms with Crippen molar-refractivity contribution in [1.82, 2.24) is 10.2 Å². The fourth-order valence-electron chi connectivity index (χ4n) is 4.81. The van der Waals surface area contributed by atoms with E-state index in [2.05, 4.69) is 17.4 Å². The van der Waals surface area contributed by atoms with Gasteiger partial charge in [-0.2, -0.15) is 0 Å². The third-order valence-electron chi connectivity index (χ3n) is 6.45. The van der Waals surface area contributed by atoms with Crippen LogP contribution in [0.5, 0.6) is 0 Å². The van der Waals surface area contributed by atoms with Crippen molar-refractivity contribution in [3.05, 3.63) is 83.3 Å². The number of likely N-dealkylation sites (tertiary alicyclic amines) is 1. The number of benzene rings is 2. The van der Waals surface area contributed by atoms with Crippen molar-refractivity contribution in [3.63, 3.8) is 0 Å². The smallest absolute Gasteiger partial charge is 0.407 e. The predicted molar refractivity (Wildman–Crippen MR) is 124 cm³/mol. The topological polar surface area (TPSA) is 129 Å². The number of aliphatic hydroxyl groups excluding tert-OH is 1. The SMILES string of the molecule is O=C(NCc1ccc(C(=O)N2C[C@H](O)C[C@@H]2C(=O)O)o1)OCC1c2ccccc2-c2ccccc21. The van der Waals surface area contributed by atoms with E-state index < -0.39 is 30.1 Å². The monoisotopic (exact) mass is 476 g/mol. The van der Waals surface area contributed by atoms with Gasteiger partial charge in [-0.3, -0.25) is 4.79 Å². The molecule has 9 nitrogen and oxygen atoms in total. The lowest BCUT2D eigenvalue weighted by atomic mass is 9.98. The minimum Gasteiger partial charge on any atom is -0.480 e. The van der Waals surface area contributed by atoms with E-state index in [9.17, 15) is 24.6 Å². The van der Waals surface area contributed by atoms with Gasteiger partial charge in [0.2, 0.25) is 0 Å². The number of alkyl carbamates (subject to hydrolysis) is 1. The Bertz CT molecular complexity index is 1240. The molecule has 3 N–H and O–H groups in total. The van der Waals surface area contributed by atoms with Crippen LogP contribution in [0.15, 0.2) is 65.1 Å². The quantitative estimate of drug-likeness (QED) is 0.499. The number of furan rings is 1. The van der Waals surface area contributed by atoms with Crippen molar-refractivity contribution in [2.45, 2.75) is 31.0 Å². The molecule has 0 unspecified atom stereocenters. The number of aliphatic hydroxyl groups is 1. The van der Waals surface area contributed by atoms with Gasteiger partial charge < -0.3 is 29.6 Å². The Hall–Kier alpha value is -4.11. The number of hydrogen-bond acceptors (Lipinski definition) is 6. The van der Waals surface area contributed by atoms with Crippen molar-refractivity contribution in [1.29, 1.82) is 0 Å². The Morgan fingerprint density at radius 3 is 2.31 bits per heavy atom. The molecule has 1 aromatic heterocycles. The molecule has 2 amide bonds. The van der Waals surface area contributed by atoms with Crippen molar-refractivity contribution in [3.8, 4) is 11.1 Å². The lowest BCUT2D eigenvalue weighted by molar-refractivity contribution is -0.141. The average Bonchev–Trinajstić information content (AvgIpc) is 3.57. The van der Waals surface area contributed by atoms with E-state index in [-0.39, 0.29) is 37.8 Å². The fourth-order valence-corrected chi connectivity index (χ4v) is 4.81. The molecule has 1 fully saturated rings. The van der Waals surface area contributed by atoms with E-state index >= 15 is 0 Å². The zero-order valence-corrected chi connectivity index (χ0v) is 18.7. The van der Waals surface area contributed by atoms with E-state index in [1.165, 1.54) is 12.1 Å². The van der Waals surface area contributed by atoms with E-state index in [1.807, 2.05) is 36.4 Å².